The Hall–Kier alpha value is -1.41. The van der Waals surface area contributed by atoms with Crippen molar-refractivity contribution in [3.63, 3.8) is 0 Å². The summed E-state index contributed by atoms with van der Waals surface area (Å²) >= 11 is 8.92. The number of hydrogen-bond acceptors (Lipinski definition) is 5. The van der Waals surface area contributed by atoms with Crippen molar-refractivity contribution in [2.45, 2.75) is 6.54 Å². The fourth-order valence-electron chi connectivity index (χ4n) is 2.58. The lowest BCUT2D eigenvalue weighted by molar-refractivity contribution is -0.131. The number of hydrogen-bond donors (Lipinski definition) is 1. The first kappa shape index (κ1) is 17.4. The summed E-state index contributed by atoms with van der Waals surface area (Å²) in [6.45, 7) is 3.96. The molecule has 1 N–H and O–H groups in total. The van der Waals surface area contributed by atoms with Gasteiger partial charge >= 0.3 is 0 Å². The Kier molecular flexibility index (Phi) is 5.89. The maximum atomic E-state index is 12.2. The molecule has 2 aromatic rings. The van der Waals surface area contributed by atoms with Crippen molar-refractivity contribution < 1.29 is 9.59 Å². The quantitative estimate of drug-likeness (QED) is 0.863. The zero-order chi connectivity index (χ0) is 16.9. The SMILES string of the molecule is O=C(NCC(=O)N1CCN(Cc2ccc(Cl)s2)CC1)c1cccs1. The van der Waals surface area contributed by atoms with Gasteiger partial charge in [-0.1, -0.05) is 17.7 Å². The molecule has 2 aromatic heterocycles. The number of halogens is 1. The van der Waals surface area contributed by atoms with Gasteiger partial charge in [0.2, 0.25) is 5.91 Å². The Morgan fingerprint density at radius 1 is 1.17 bits per heavy atom. The molecule has 0 aliphatic carbocycles. The van der Waals surface area contributed by atoms with E-state index >= 15 is 0 Å². The van der Waals surface area contributed by atoms with Gasteiger partial charge in [-0.2, -0.15) is 0 Å². The van der Waals surface area contributed by atoms with E-state index in [-0.39, 0.29) is 18.4 Å². The molecule has 0 unspecified atom stereocenters. The summed E-state index contributed by atoms with van der Waals surface area (Å²) in [6.07, 6.45) is 0. The van der Waals surface area contributed by atoms with Gasteiger partial charge in [0.15, 0.2) is 0 Å². The second kappa shape index (κ2) is 8.11. The van der Waals surface area contributed by atoms with Crippen LogP contribution in [0.5, 0.6) is 0 Å². The van der Waals surface area contributed by atoms with Crippen LogP contribution in [0.3, 0.4) is 0 Å². The van der Waals surface area contributed by atoms with Crippen LogP contribution in [0.4, 0.5) is 0 Å². The molecule has 3 heterocycles. The fraction of sp³-hybridized carbons (Fsp3) is 0.375. The van der Waals surface area contributed by atoms with Crippen molar-refractivity contribution in [2.75, 3.05) is 32.7 Å². The zero-order valence-electron chi connectivity index (χ0n) is 13.0. The Balaban J connectivity index is 1.41. The topological polar surface area (TPSA) is 52.7 Å². The molecule has 0 radical (unpaired) electrons. The van der Waals surface area contributed by atoms with E-state index in [1.165, 1.54) is 16.2 Å². The Morgan fingerprint density at radius 2 is 1.96 bits per heavy atom. The summed E-state index contributed by atoms with van der Waals surface area (Å²) in [5.41, 5.74) is 0. The third-order valence-electron chi connectivity index (χ3n) is 3.88. The van der Waals surface area contributed by atoms with Gasteiger partial charge in [-0.25, -0.2) is 0 Å². The zero-order valence-corrected chi connectivity index (χ0v) is 15.4. The molecular weight excluding hydrogens is 366 g/mol. The van der Waals surface area contributed by atoms with Crippen LogP contribution in [0.1, 0.15) is 14.5 Å². The minimum Gasteiger partial charge on any atom is -0.342 e. The smallest absolute Gasteiger partial charge is 0.261 e. The van der Waals surface area contributed by atoms with Crippen LogP contribution in [0.2, 0.25) is 4.34 Å². The maximum Gasteiger partial charge on any atom is 0.261 e. The molecule has 2 amide bonds. The average molecular weight is 384 g/mol. The van der Waals surface area contributed by atoms with Crippen LogP contribution in [0.15, 0.2) is 29.6 Å². The molecule has 0 atom stereocenters. The number of nitrogens with one attached hydrogen (secondary N) is 1. The molecular formula is C16H18ClN3O2S2. The molecule has 0 bridgehead atoms. The standard InChI is InChI=1S/C16H18ClN3O2S2/c17-14-4-3-12(24-14)11-19-5-7-20(8-6-19)15(21)10-18-16(22)13-2-1-9-23-13/h1-4,9H,5-8,10-11H2,(H,18,22). The van der Waals surface area contributed by atoms with Crippen molar-refractivity contribution in [1.29, 1.82) is 0 Å². The van der Waals surface area contributed by atoms with E-state index in [2.05, 4.69) is 10.2 Å². The van der Waals surface area contributed by atoms with Crippen LogP contribution in [-0.4, -0.2) is 54.3 Å². The number of piperazine rings is 1. The van der Waals surface area contributed by atoms with Crippen molar-refractivity contribution in [2.24, 2.45) is 0 Å². The Bertz CT molecular complexity index is 694. The van der Waals surface area contributed by atoms with Gasteiger partial charge in [-0.05, 0) is 23.6 Å². The molecule has 5 nitrogen and oxygen atoms in total. The van der Waals surface area contributed by atoms with Crippen LogP contribution in [0, 0.1) is 0 Å². The molecule has 0 spiro atoms. The number of amides is 2. The van der Waals surface area contributed by atoms with E-state index in [1.807, 2.05) is 28.5 Å². The minimum absolute atomic E-state index is 0.0290. The van der Waals surface area contributed by atoms with Gasteiger partial charge in [-0.3, -0.25) is 14.5 Å². The number of nitrogens with zero attached hydrogens (tertiary/aromatic N) is 2. The Labute approximate surface area is 153 Å². The van der Waals surface area contributed by atoms with E-state index in [1.54, 1.807) is 17.4 Å². The van der Waals surface area contributed by atoms with Crippen molar-refractivity contribution in [3.05, 3.63) is 43.7 Å². The lowest BCUT2D eigenvalue weighted by Gasteiger charge is -2.34. The number of thiophene rings is 2. The predicted octanol–water partition coefficient (Wildman–Crippen LogP) is 2.54. The average Bonchev–Trinajstić information content (AvgIpc) is 3.25. The third-order valence-corrected chi connectivity index (χ3v) is 5.96. The molecule has 8 heteroatoms. The largest absolute Gasteiger partial charge is 0.342 e. The van der Waals surface area contributed by atoms with Gasteiger partial charge in [0, 0.05) is 37.6 Å². The number of carbonyl (C=O) groups excluding carboxylic acids is 2. The van der Waals surface area contributed by atoms with E-state index in [9.17, 15) is 9.59 Å². The highest BCUT2D eigenvalue weighted by molar-refractivity contribution is 7.16. The highest BCUT2D eigenvalue weighted by atomic mass is 35.5. The molecule has 24 heavy (non-hydrogen) atoms. The lowest BCUT2D eigenvalue weighted by Crippen LogP contribution is -2.50. The first-order valence-electron chi connectivity index (χ1n) is 7.68. The predicted molar refractivity (Wildman–Crippen MR) is 97.8 cm³/mol. The molecule has 1 aliphatic heterocycles. The molecule has 1 aliphatic rings. The van der Waals surface area contributed by atoms with Gasteiger partial charge in [0.25, 0.3) is 5.91 Å². The lowest BCUT2D eigenvalue weighted by atomic mass is 10.3. The summed E-state index contributed by atoms with van der Waals surface area (Å²) in [5.74, 6) is -0.217. The summed E-state index contributed by atoms with van der Waals surface area (Å²) < 4.78 is 0.806. The third kappa shape index (κ3) is 4.57. The summed E-state index contributed by atoms with van der Waals surface area (Å²) in [6, 6.07) is 7.53. The van der Waals surface area contributed by atoms with Gasteiger partial charge < -0.3 is 10.2 Å². The summed E-state index contributed by atoms with van der Waals surface area (Å²) in [4.78, 5) is 30.1. The monoisotopic (exact) mass is 383 g/mol. The van der Waals surface area contributed by atoms with E-state index in [0.29, 0.717) is 18.0 Å². The first-order valence-corrected chi connectivity index (χ1v) is 9.75. The second-order valence-electron chi connectivity index (χ2n) is 5.52. The van der Waals surface area contributed by atoms with Gasteiger partial charge in [-0.15, -0.1) is 22.7 Å². The van der Waals surface area contributed by atoms with Crippen molar-refractivity contribution in [3.8, 4) is 0 Å². The molecule has 0 saturated carbocycles. The van der Waals surface area contributed by atoms with Crippen LogP contribution < -0.4 is 5.32 Å². The van der Waals surface area contributed by atoms with Gasteiger partial charge in [0.1, 0.15) is 0 Å². The fourth-order valence-corrected chi connectivity index (χ4v) is 4.35. The second-order valence-corrected chi connectivity index (χ2v) is 8.27. The first-order chi connectivity index (χ1) is 11.6. The maximum absolute atomic E-state index is 12.2. The molecule has 1 fully saturated rings. The van der Waals surface area contributed by atoms with Crippen molar-refractivity contribution in [1.82, 2.24) is 15.1 Å². The van der Waals surface area contributed by atoms with Crippen LogP contribution in [-0.2, 0) is 11.3 Å². The van der Waals surface area contributed by atoms with Crippen LogP contribution in [0.25, 0.3) is 0 Å². The molecule has 3 rings (SSSR count). The Morgan fingerprint density at radius 3 is 2.58 bits per heavy atom. The number of carbonyl (C=O) groups is 2. The number of rotatable bonds is 5. The van der Waals surface area contributed by atoms with Gasteiger partial charge in [0.05, 0.1) is 15.8 Å². The molecule has 1 saturated heterocycles. The highest BCUT2D eigenvalue weighted by Crippen LogP contribution is 2.23. The van der Waals surface area contributed by atoms with E-state index < -0.39 is 0 Å². The summed E-state index contributed by atoms with van der Waals surface area (Å²) in [5, 5.41) is 4.53. The molecule has 0 aromatic carbocycles. The highest BCUT2D eigenvalue weighted by Gasteiger charge is 2.21. The van der Waals surface area contributed by atoms with E-state index in [0.717, 1.165) is 24.0 Å². The molecule has 128 valence electrons. The van der Waals surface area contributed by atoms with E-state index in [4.69, 9.17) is 11.6 Å². The van der Waals surface area contributed by atoms with Crippen molar-refractivity contribution >= 4 is 46.1 Å². The minimum atomic E-state index is -0.188. The normalized spacial score (nSPS) is 15.5. The van der Waals surface area contributed by atoms with Crippen LogP contribution >= 0.6 is 34.3 Å². The summed E-state index contributed by atoms with van der Waals surface area (Å²) in [7, 11) is 0.